The van der Waals surface area contributed by atoms with E-state index in [1.54, 1.807) is 4.90 Å². The van der Waals surface area contributed by atoms with Gasteiger partial charge in [-0.3, -0.25) is 9.59 Å². The van der Waals surface area contributed by atoms with Crippen molar-refractivity contribution in [3.05, 3.63) is 46.1 Å². The van der Waals surface area contributed by atoms with Crippen molar-refractivity contribution in [2.75, 3.05) is 12.8 Å². The first kappa shape index (κ1) is 13.9. The van der Waals surface area contributed by atoms with Crippen molar-refractivity contribution in [2.45, 2.75) is 24.7 Å². The van der Waals surface area contributed by atoms with E-state index >= 15 is 0 Å². The maximum Gasteiger partial charge on any atom is 0.264 e. The van der Waals surface area contributed by atoms with E-state index in [0.717, 1.165) is 12.2 Å². The van der Waals surface area contributed by atoms with Crippen LogP contribution in [0.4, 0.5) is 0 Å². The molecule has 0 saturated heterocycles. The van der Waals surface area contributed by atoms with Crippen LogP contribution in [0.2, 0.25) is 0 Å². The Morgan fingerprint density at radius 3 is 3.00 bits per heavy atom. The average molecular weight is 304 g/mol. The molecule has 1 amide bonds. The van der Waals surface area contributed by atoms with Crippen LogP contribution in [0.25, 0.3) is 0 Å². The van der Waals surface area contributed by atoms with Gasteiger partial charge in [-0.1, -0.05) is 11.8 Å². The van der Waals surface area contributed by atoms with Crippen molar-refractivity contribution in [1.29, 1.82) is 0 Å². The minimum Gasteiger partial charge on any atom is -0.348 e. The number of carbonyl (C=O) groups excluding carboxylic acids is 1. The van der Waals surface area contributed by atoms with E-state index < -0.39 is 0 Å². The van der Waals surface area contributed by atoms with Crippen molar-refractivity contribution in [1.82, 2.24) is 19.4 Å². The molecule has 2 aromatic rings. The molecule has 0 fully saturated rings. The minimum atomic E-state index is -0.382. The summed E-state index contributed by atoms with van der Waals surface area (Å²) in [6, 6.07) is 3.92. The second-order valence-corrected chi connectivity index (χ2v) is 5.73. The molecule has 21 heavy (non-hydrogen) atoms. The number of aromatic amines is 1. The summed E-state index contributed by atoms with van der Waals surface area (Å²) in [5.74, 6) is -0.267. The molecule has 0 radical (unpaired) electrons. The topological polar surface area (TPSA) is 71.0 Å². The van der Waals surface area contributed by atoms with Gasteiger partial charge in [0, 0.05) is 31.2 Å². The lowest BCUT2D eigenvalue weighted by Gasteiger charge is -2.34. The van der Waals surface area contributed by atoms with Gasteiger partial charge < -0.3 is 14.5 Å². The van der Waals surface area contributed by atoms with Crippen LogP contribution in [0.1, 0.15) is 29.0 Å². The van der Waals surface area contributed by atoms with Crippen LogP contribution < -0.4 is 5.56 Å². The Labute approximate surface area is 126 Å². The lowest BCUT2D eigenvalue weighted by Crippen LogP contribution is -2.42. The minimum absolute atomic E-state index is 0.0547. The van der Waals surface area contributed by atoms with Gasteiger partial charge >= 0.3 is 0 Å². The average Bonchev–Trinajstić information content (AvgIpc) is 2.96. The largest absolute Gasteiger partial charge is 0.348 e. The summed E-state index contributed by atoms with van der Waals surface area (Å²) in [7, 11) is 0. The van der Waals surface area contributed by atoms with Crippen LogP contribution in [0, 0.1) is 0 Å². The van der Waals surface area contributed by atoms with Crippen molar-refractivity contribution < 1.29 is 4.79 Å². The number of nitrogens with zero attached hydrogens (tertiary/aromatic N) is 3. The first-order valence-corrected chi connectivity index (χ1v) is 7.93. The van der Waals surface area contributed by atoms with E-state index in [0.29, 0.717) is 11.7 Å². The van der Waals surface area contributed by atoms with Crippen LogP contribution in [0.15, 0.2) is 34.5 Å². The molecule has 110 valence electrons. The Kier molecular flexibility index (Phi) is 3.59. The summed E-state index contributed by atoms with van der Waals surface area (Å²) in [6.45, 7) is 3.30. The van der Waals surface area contributed by atoms with E-state index in [4.69, 9.17) is 0 Å². The monoisotopic (exact) mass is 304 g/mol. The van der Waals surface area contributed by atoms with Crippen molar-refractivity contribution in [3.63, 3.8) is 0 Å². The smallest absolute Gasteiger partial charge is 0.264 e. The van der Waals surface area contributed by atoms with Gasteiger partial charge in [0.25, 0.3) is 11.5 Å². The van der Waals surface area contributed by atoms with Crippen LogP contribution in [-0.4, -0.2) is 38.1 Å². The molecular formula is C14H16N4O2S. The number of carbonyl (C=O) groups is 1. The number of H-pyrrole nitrogens is 1. The number of aromatic nitrogens is 3. The molecule has 0 aromatic carbocycles. The summed E-state index contributed by atoms with van der Waals surface area (Å²) in [6.07, 6.45) is 5.20. The van der Waals surface area contributed by atoms with Gasteiger partial charge in [-0.05, 0) is 25.3 Å². The summed E-state index contributed by atoms with van der Waals surface area (Å²) >= 11 is 1.34. The second kappa shape index (κ2) is 5.40. The molecule has 6 nitrogen and oxygen atoms in total. The highest BCUT2D eigenvalue weighted by molar-refractivity contribution is 7.98. The molecular weight excluding hydrogens is 288 g/mol. The highest BCUT2D eigenvalue weighted by Crippen LogP contribution is 2.26. The van der Waals surface area contributed by atoms with Crippen molar-refractivity contribution >= 4 is 17.7 Å². The zero-order chi connectivity index (χ0) is 15.0. The number of nitrogens with one attached hydrogen (secondary N) is 1. The Bertz CT molecular complexity index is 737. The standard InChI is InChI=1S/C14H16N4O2S/c1-9-11-4-3-5-17(11)6-7-18(9)13(20)10-8-15-14(21-2)16-12(10)19/h3-5,8-9H,6-7H2,1-2H3,(H,15,16,19)/t9-/m1/s1. The van der Waals surface area contributed by atoms with Gasteiger partial charge in [-0.2, -0.15) is 0 Å². The van der Waals surface area contributed by atoms with Gasteiger partial charge in [-0.15, -0.1) is 0 Å². The first-order valence-electron chi connectivity index (χ1n) is 6.71. The molecule has 0 unspecified atom stereocenters. The zero-order valence-corrected chi connectivity index (χ0v) is 12.7. The predicted octanol–water partition coefficient (Wildman–Crippen LogP) is 1.51. The molecule has 0 bridgehead atoms. The van der Waals surface area contributed by atoms with E-state index in [-0.39, 0.29) is 23.1 Å². The third kappa shape index (κ3) is 2.37. The Hall–Kier alpha value is -2.02. The third-order valence-corrected chi connectivity index (χ3v) is 4.40. The highest BCUT2D eigenvalue weighted by atomic mass is 32.2. The van der Waals surface area contributed by atoms with Gasteiger partial charge in [0.2, 0.25) is 0 Å². The SMILES string of the molecule is CSc1ncc(C(=O)N2CCn3cccc3[C@H]2C)c(=O)[nH]1. The molecule has 0 spiro atoms. The quantitative estimate of drug-likeness (QED) is 0.674. The van der Waals surface area contributed by atoms with Crippen LogP contribution in [0.3, 0.4) is 0 Å². The van der Waals surface area contributed by atoms with E-state index in [1.807, 2.05) is 31.5 Å². The fourth-order valence-corrected chi connectivity index (χ4v) is 3.00. The molecule has 1 aliphatic rings. The molecule has 1 aliphatic heterocycles. The van der Waals surface area contributed by atoms with E-state index in [9.17, 15) is 9.59 Å². The van der Waals surface area contributed by atoms with Crippen LogP contribution >= 0.6 is 11.8 Å². The van der Waals surface area contributed by atoms with Gasteiger partial charge in [-0.25, -0.2) is 4.98 Å². The number of rotatable bonds is 2. The predicted molar refractivity (Wildman–Crippen MR) is 80.5 cm³/mol. The number of hydrogen-bond acceptors (Lipinski definition) is 4. The third-order valence-electron chi connectivity index (χ3n) is 3.80. The van der Waals surface area contributed by atoms with Crippen molar-refractivity contribution in [3.8, 4) is 0 Å². The number of amides is 1. The van der Waals surface area contributed by atoms with Crippen molar-refractivity contribution in [2.24, 2.45) is 0 Å². The Morgan fingerprint density at radius 2 is 2.29 bits per heavy atom. The van der Waals surface area contributed by atoms with E-state index in [1.165, 1.54) is 18.0 Å². The van der Waals surface area contributed by atoms with Gasteiger partial charge in [0.05, 0.1) is 6.04 Å². The lowest BCUT2D eigenvalue weighted by molar-refractivity contribution is 0.0641. The zero-order valence-electron chi connectivity index (χ0n) is 11.9. The molecule has 1 atom stereocenters. The second-order valence-electron chi connectivity index (χ2n) is 4.94. The fourth-order valence-electron chi connectivity index (χ4n) is 2.65. The molecule has 1 N–H and O–H groups in total. The summed E-state index contributed by atoms with van der Waals surface area (Å²) in [5.41, 5.74) is 0.798. The summed E-state index contributed by atoms with van der Waals surface area (Å²) in [4.78, 5) is 33.1. The highest BCUT2D eigenvalue weighted by Gasteiger charge is 2.29. The number of thioether (sulfide) groups is 1. The van der Waals surface area contributed by atoms with E-state index in [2.05, 4.69) is 14.5 Å². The summed E-state index contributed by atoms with van der Waals surface area (Å²) < 4.78 is 2.13. The fraction of sp³-hybridized carbons (Fsp3) is 0.357. The summed E-state index contributed by atoms with van der Waals surface area (Å²) in [5, 5.41) is 0.511. The Balaban J connectivity index is 1.91. The molecule has 3 rings (SSSR count). The molecule has 7 heteroatoms. The maximum atomic E-state index is 12.6. The van der Waals surface area contributed by atoms with Crippen LogP contribution in [0.5, 0.6) is 0 Å². The molecule has 0 saturated carbocycles. The maximum absolute atomic E-state index is 12.6. The van der Waals surface area contributed by atoms with Crippen LogP contribution in [-0.2, 0) is 6.54 Å². The lowest BCUT2D eigenvalue weighted by atomic mass is 10.1. The Morgan fingerprint density at radius 1 is 1.48 bits per heavy atom. The van der Waals surface area contributed by atoms with Gasteiger partial charge in [0.15, 0.2) is 5.16 Å². The molecule has 2 aromatic heterocycles. The van der Waals surface area contributed by atoms with Gasteiger partial charge in [0.1, 0.15) is 5.56 Å². The number of fused-ring (bicyclic) bond motifs is 1. The number of hydrogen-bond donors (Lipinski definition) is 1. The normalized spacial score (nSPS) is 17.6. The molecule has 3 heterocycles. The first-order chi connectivity index (χ1) is 10.1. The molecule has 0 aliphatic carbocycles.